The Labute approximate surface area is 203 Å². The third-order valence-corrected chi connectivity index (χ3v) is 7.14. The van der Waals surface area contributed by atoms with Crippen molar-refractivity contribution in [1.29, 1.82) is 0 Å². The zero-order chi connectivity index (χ0) is 22.2. The van der Waals surface area contributed by atoms with Crippen molar-refractivity contribution in [2.75, 3.05) is 7.11 Å². The molecule has 0 unspecified atom stereocenters. The minimum absolute atomic E-state index is 0.0170. The number of imidazole rings is 1. The van der Waals surface area contributed by atoms with Crippen LogP contribution in [0.15, 0.2) is 36.5 Å². The molecule has 0 radical (unpaired) electrons. The number of aromatic nitrogens is 2. The molecular weight excluding hydrogens is 591 g/mol. The van der Waals surface area contributed by atoms with E-state index < -0.39 is 0 Å². The van der Waals surface area contributed by atoms with Crippen molar-refractivity contribution in [3.8, 4) is 22.8 Å². The van der Waals surface area contributed by atoms with Crippen molar-refractivity contribution >= 4 is 9.60 Å². The van der Waals surface area contributed by atoms with Crippen LogP contribution in [-0.4, -0.2) is 26.3 Å². The molecule has 160 valence electrons. The zero-order valence-electron chi connectivity index (χ0n) is 18.5. The summed E-state index contributed by atoms with van der Waals surface area (Å²) in [6.45, 7) is 2.99. The monoisotopic (exact) mass is 617 g/mol. The molecule has 3 aromatic rings. The maximum atomic E-state index is 13.2. The first kappa shape index (κ1) is 21.4. The zero-order valence-corrected chi connectivity index (χ0v) is 24.0. The van der Waals surface area contributed by atoms with Gasteiger partial charge in [0.2, 0.25) is 0 Å². The third-order valence-electron chi connectivity index (χ3n) is 6.49. The van der Waals surface area contributed by atoms with Crippen molar-refractivity contribution in [3.05, 3.63) is 64.6 Å². The number of benzene rings is 2. The fourth-order valence-electron chi connectivity index (χ4n) is 4.76. The Kier molecular flexibility index (Phi) is 5.89. The van der Waals surface area contributed by atoms with Crippen molar-refractivity contribution < 1.29 is 39.9 Å². The van der Waals surface area contributed by atoms with Crippen LogP contribution in [0.2, 0.25) is 0 Å². The van der Waals surface area contributed by atoms with E-state index in [1.54, 1.807) is 22.9 Å². The van der Waals surface area contributed by atoms with Crippen molar-refractivity contribution in [2.24, 2.45) is 0 Å². The SMILES string of the molecule is COc1cc(C(=O)N[C@@H]2CCc3ccc(-c4cn5c(n4)CCC5)cc32)cc(O[CH]=[Hg])c1C. The van der Waals surface area contributed by atoms with Gasteiger partial charge in [0.1, 0.15) is 5.82 Å². The Morgan fingerprint density at radius 3 is 2.88 bits per heavy atom. The molecule has 6 nitrogen and oxygen atoms in total. The number of carbonyl (C=O) groups excluding carboxylic acids is 1. The van der Waals surface area contributed by atoms with E-state index in [-0.39, 0.29) is 11.9 Å². The Morgan fingerprint density at radius 1 is 1.25 bits per heavy atom. The first-order valence-electron chi connectivity index (χ1n) is 11.0. The number of rotatable bonds is 6. The van der Waals surface area contributed by atoms with Crippen molar-refractivity contribution in [2.45, 2.75) is 45.2 Å². The number of fused-ring (bicyclic) bond motifs is 2. The summed E-state index contributed by atoms with van der Waals surface area (Å²) in [5, 5.41) is 3.24. The van der Waals surface area contributed by atoms with Gasteiger partial charge in [-0.2, -0.15) is 0 Å². The second-order valence-electron chi connectivity index (χ2n) is 8.40. The molecule has 1 atom stereocenters. The van der Waals surface area contributed by atoms with Gasteiger partial charge in [-0.1, -0.05) is 0 Å². The number of aryl methyl sites for hydroxylation is 3. The van der Waals surface area contributed by atoms with Gasteiger partial charge in [0, 0.05) is 19.2 Å². The number of ether oxygens (including phenoxy) is 2. The quantitative estimate of drug-likeness (QED) is 0.427. The molecule has 2 heterocycles. The molecule has 0 saturated heterocycles. The van der Waals surface area contributed by atoms with Gasteiger partial charge in [-0.25, -0.2) is 4.98 Å². The molecule has 1 aromatic heterocycles. The molecule has 2 aliphatic rings. The summed E-state index contributed by atoms with van der Waals surface area (Å²) in [6, 6.07) is 10.1. The number of hydrogen-bond donors (Lipinski definition) is 1. The van der Waals surface area contributed by atoms with Crippen LogP contribution in [0.3, 0.4) is 0 Å². The van der Waals surface area contributed by atoms with Crippen LogP contribution >= 0.6 is 0 Å². The first-order chi connectivity index (χ1) is 15.6. The molecular formula is C25H25HgN3O3. The Hall–Kier alpha value is -2.47. The summed E-state index contributed by atoms with van der Waals surface area (Å²) in [5.74, 6) is 2.39. The number of nitrogens with one attached hydrogen (secondary N) is 1. The number of nitrogens with zero attached hydrogens (tertiary/aromatic N) is 2. The Balaban J connectivity index is 1.40. The molecule has 1 N–H and O–H groups in total. The normalized spacial score (nSPS) is 16.4. The molecule has 5 rings (SSSR count). The predicted molar refractivity (Wildman–Crippen MR) is 119 cm³/mol. The molecule has 2 aromatic carbocycles. The Bertz CT molecular complexity index is 1200. The van der Waals surface area contributed by atoms with Gasteiger partial charge in [-0.3, -0.25) is 0 Å². The van der Waals surface area contributed by atoms with Crippen molar-refractivity contribution in [1.82, 2.24) is 14.9 Å². The molecule has 1 aliphatic heterocycles. The number of amides is 1. The van der Waals surface area contributed by atoms with E-state index in [0.717, 1.165) is 42.6 Å². The van der Waals surface area contributed by atoms with Gasteiger partial charge in [-0.15, -0.1) is 0 Å². The van der Waals surface area contributed by atoms with E-state index >= 15 is 0 Å². The van der Waals surface area contributed by atoms with E-state index in [4.69, 9.17) is 14.5 Å². The van der Waals surface area contributed by atoms with Crippen LogP contribution < -0.4 is 14.8 Å². The van der Waals surface area contributed by atoms with Crippen LogP contribution in [0.25, 0.3) is 11.3 Å². The fraction of sp³-hybridized carbons (Fsp3) is 0.320. The van der Waals surface area contributed by atoms with Crippen molar-refractivity contribution in [3.63, 3.8) is 0 Å². The molecule has 0 spiro atoms. The van der Waals surface area contributed by atoms with Crippen LogP contribution in [0.5, 0.6) is 11.5 Å². The summed E-state index contributed by atoms with van der Waals surface area (Å²) in [7, 11) is 1.61. The van der Waals surface area contributed by atoms with E-state index in [2.05, 4.69) is 34.3 Å². The summed E-state index contributed by atoms with van der Waals surface area (Å²) < 4.78 is 15.2. The van der Waals surface area contributed by atoms with Crippen LogP contribution in [0.1, 0.15) is 51.8 Å². The molecule has 32 heavy (non-hydrogen) atoms. The van der Waals surface area contributed by atoms with E-state index in [0.29, 0.717) is 42.7 Å². The molecule has 7 heteroatoms. The number of carbonyl (C=O) groups is 1. The number of hydrogen-bond acceptors (Lipinski definition) is 4. The molecule has 1 aliphatic carbocycles. The summed E-state index contributed by atoms with van der Waals surface area (Å²) >= 11 is 0.400. The van der Waals surface area contributed by atoms with Gasteiger partial charge < -0.3 is 4.57 Å². The summed E-state index contributed by atoms with van der Waals surface area (Å²) in [4.78, 5) is 18.0. The minimum atomic E-state index is -0.115. The average Bonchev–Trinajstić information content (AvgIpc) is 3.50. The molecule has 1 amide bonds. The van der Waals surface area contributed by atoms with E-state index in [1.807, 2.05) is 6.92 Å². The Morgan fingerprint density at radius 2 is 2.09 bits per heavy atom. The van der Waals surface area contributed by atoms with E-state index in [9.17, 15) is 4.79 Å². The second-order valence-corrected chi connectivity index (χ2v) is 9.70. The fourth-order valence-corrected chi connectivity index (χ4v) is 5.46. The van der Waals surface area contributed by atoms with Gasteiger partial charge in [0.05, 0.1) is 0 Å². The molecule has 0 saturated carbocycles. The van der Waals surface area contributed by atoms with Gasteiger partial charge in [0.15, 0.2) is 0 Å². The van der Waals surface area contributed by atoms with Gasteiger partial charge in [0.25, 0.3) is 0 Å². The second kappa shape index (κ2) is 8.81. The number of methoxy groups -OCH3 is 1. The standard InChI is InChI=1S/C25H25N3O3.Hg/c1-15-22(30-2)12-18(13-23(15)31-3)25(29)27-20-9-8-16-6-7-17(11-19(16)20)21-14-28-10-4-5-24(28)26-21;/h2,6-7,11-14,20H,4-5,8-10H2,1,3H3,(H,27,29);/t20-;/m1./s1. The third kappa shape index (κ3) is 3.89. The van der Waals surface area contributed by atoms with Crippen LogP contribution in [-0.2, 0) is 45.0 Å². The van der Waals surface area contributed by atoms with Gasteiger partial charge >= 0.3 is 163 Å². The average molecular weight is 616 g/mol. The van der Waals surface area contributed by atoms with E-state index in [1.165, 1.54) is 23.4 Å². The first-order valence-corrected chi connectivity index (χ1v) is 14.2. The predicted octanol–water partition coefficient (Wildman–Crippen LogP) is 3.92. The maximum absolute atomic E-state index is 13.2. The summed E-state index contributed by atoms with van der Waals surface area (Å²) in [5.41, 5.74) is 6.06. The summed E-state index contributed by atoms with van der Waals surface area (Å²) in [6.07, 6.45) is 6.24. The van der Waals surface area contributed by atoms with Crippen LogP contribution in [0.4, 0.5) is 0 Å². The van der Waals surface area contributed by atoms with Gasteiger partial charge in [-0.05, 0) is 6.42 Å². The molecule has 0 bridgehead atoms. The van der Waals surface area contributed by atoms with Crippen LogP contribution in [0, 0.1) is 6.92 Å². The topological polar surface area (TPSA) is 65.4 Å². The molecule has 0 fully saturated rings.